The van der Waals surface area contributed by atoms with E-state index in [9.17, 15) is 4.79 Å². The Kier molecular flexibility index (Phi) is 7.92. The first kappa shape index (κ1) is 14.9. The molecule has 0 fully saturated rings. The van der Waals surface area contributed by atoms with E-state index in [-0.39, 0.29) is 31.5 Å². The highest BCUT2D eigenvalue weighted by atomic mass is 16.5. The van der Waals surface area contributed by atoms with Gasteiger partial charge in [-0.2, -0.15) is 0 Å². The third-order valence-corrected chi connectivity index (χ3v) is 2.20. The molecular weight excluding hydrogens is 168 g/mol. The Hall–Kier alpha value is -0.570. The van der Waals surface area contributed by atoms with E-state index in [1.165, 1.54) is 6.92 Å². The van der Waals surface area contributed by atoms with E-state index < -0.39 is 0 Å². The molecule has 0 aromatic heterocycles. The minimum Gasteiger partial charge on any atom is -0.462 e. The molecule has 0 saturated carbocycles. The van der Waals surface area contributed by atoms with E-state index in [0.717, 1.165) is 0 Å². The van der Waals surface area contributed by atoms with Crippen LogP contribution in [0, 0.1) is 5.92 Å². The average molecular weight is 190 g/mol. The second-order valence-corrected chi connectivity index (χ2v) is 3.11. The van der Waals surface area contributed by atoms with Crippen LogP contribution in [-0.2, 0) is 14.3 Å². The normalized spacial score (nSPS) is 16.7. The van der Waals surface area contributed by atoms with Crippen molar-refractivity contribution < 1.29 is 14.3 Å². The average Bonchev–Trinajstić information content (AvgIpc) is 2.00. The molecule has 3 nitrogen and oxygen atoms in total. The monoisotopic (exact) mass is 190 g/mol. The van der Waals surface area contributed by atoms with Crippen LogP contribution in [0.2, 0.25) is 0 Å². The number of esters is 1. The molecule has 0 N–H and O–H groups in total. The van der Waals surface area contributed by atoms with E-state index in [4.69, 9.17) is 9.47 Å². The molecule has 0 radical (unpaired) electrons. The Labute approximate surface area is 81.4 Å². The van der Waals surface area contributed by atoms with Gasteiger partial charge in [0.25, 0.3) is 0 Å². The van der Waals surface area contributed by atoms with Crippen molar-refractivity contribution in [2.75, 3.05) is 7.11 Å². The molecule has 0 spiro atoms. The minimum atomic E-state index is -0.238. The Morgan fingerprint density at radius 3 is 1.92 bits per heavy atom. The number of rotatable bonds is 4. The lowest BCUT2D eigenvalue weighted by Crippen LogP contribution is -2.29. The third kappa shape index (κ3) is 5.64. The first-order valence-electron chi connectivity index (χ1n) is 4.19. The van der Waals surface area contributed by atoms with Crippen molar-refractivity contribution in [1.82, 2.24) is 0 Å². The molecule has 0 saturated heterocycles. The molecule has 3 unspecified atom stereocenters. The summed E-state index contributed by atoms with van der Waals surface area (Å²) in [7, 11) is 1.65. The number of hydrogen-bond donors (Lipinski definition) is 0. The zero-order chi connectivity index (χ0) is 9.72. The summed E-state index contributed by atoms with van der Waals surface area (Å²) in [6.07, 6.45) is 0.0248. The fourth-order valence-electron chi connectivity index (χ4n) is 0.965. The first-order valence-corrected chi connectivity index (χ1v) is 4.19. The van der Waals surface area contributed by atoms with Crippen LogP contribution in [0.25, 0.3) is 0 Å². The summed E-state index contributed by atoms with van der Waals surface area (Å²) in [6.45, 7) is 7.26. The summed E-state index contributed by atoms with van der Waals surface area (Å²) in [6, 6.07) is 0. The molecular formula is C10H22O3. The largest absolute Gasteiger partial charge is 0.462 e. The van der Waals surface area contributed by atoms with Crippen LogP contribution in [0.1, 0.15) is 35.1 Å². The van der Waals surface area contributed by atoms with Crippen LogP contribution in [-0.4, -0.2) is 25.3 Å². The second-order valence-electron chi connectivity index (χ2n) is 3.11. The number of methoxy groups -OCH3 is 1. The number of hydrogen-bond acceptors (Lipinski definition) is 3. The maximum Gasteiger partial charge on any atom is 0.302 e. The quantitative estimate of drug-likeness (QED) is 0.638. The van der Waals surface area contributed by atoms with Crippen molar-refractivity contribution in [3.05, 3.63) is 0 Å². The lowest BCUT2D eigenvalue weighted by atomic mass is 10.0. The standard InChI is InChI=1S/C9H18O3.CH4/c1-6(7(2)11-5)8(3)12-9(4)10;/h6-8H,1-5H3;1H4. The summed E-state index contributed by atoms with van der Waals surface area (Å²) in [5.74, 6) is -0.0171. The van der Waals surface area contributed by atoms with Crippen LogP contribution in [0.3, 0.4) is 0 Å². The molecule has 3 atom stereocenters. The van der Waals surface area contributed by atoms with Gasteiger partial charge in [-0.25, -0.2) is 0 Å². The van der Waals surface area contributed by atoms with E-state index in [2.05, 4.69) is 0 Å². The molecule has 80 valence electrons. The highest BCUT2D eigenvalue weighted by Crippen LogP contribution is 2.13. The first-order chi connectivity index (χ1) is 5.49. The second kappa shape index (κ2) is 6.89. The van der Waals surface area contributed by atoms with Gasteiger partial charge in [0, 0.05) is 20.0 Å². The molecule has 0 aromatic rings. The molecule has 0 aromatic carbocycles. The van der Waals surface area contributed by atoms with Gasteiger partial charge in [0.1, 0.15) is 6.10 Å². The van der Waals surface area contributed by atoms with Gasteiger partial charge in [0.2, 0.25) is 0 Å². The molecule has 0 rings (SSSR count). The lowest BCUT2D eigenvalue weighted by Gasteiger charge is -2.24. The Bertz CT molecular complexity index is 145. The van der Waals surface area contributed by atoms with E-state index >= 15 is 0 Å². The molecule has 0 amide bonds. The van der Waals surface area contributed by atoms with E-state index in [1.807, 2.05) is 20.8 Å². The molecule has 0 aliphatic heterocycles. The third-order valence-electron chi connectivity index (χ3n) is 2.20. The van der Waals surface area contributed by atoms with Gasteiger partial charge >= 0.3 is 5.97 Å². The highest BCUT2D eigenvalue weighted by Gasteiger charge is 2.20. The fourth-order valence-corrected chi connectivity index (χ4v) is 0.965. The summed E-state index contributed by atoms with van der Waals surface area (Å²) in [5, 5.41) is 0. The summed E-state index contributed by atoms with van der Waals surface area (Å²) < 4.78 is 10.1. The number of ether oxygens (including phenoxy) is 2. The van der Waals surface area contributed by atoms with Crippen LogP contribution in [0.15, 0.2) is 0 Å². The van der Waals surface area contributed by atoms with Crippen LogP contribution >= 0.6 is 0 Å². The highest BCUT2D eigenvalue weighted by molar-refractivity contribution is 5.66. The van der Waals surface area contributed by atoms with Gasteiger partial charge in [0.05, 0.1) is 6.10 Å². The van der Waals surface area contributed by atoms with Gasteiger partial charge in [-0.3, -0.25) is 4.79 Å². The summed E-state index contributed by atoms with van der Waals surface area (Å²) in [4.78, 5) is 10.6. The van der Waals surface area contributed by atoms with Crippen molar-refractivity contribution in [2.24, 2.45) is 5.92 Å². The zero-order valence-electron chi connectivity index (χ0n) is 8.46. The van der Waals surface area contributed by atoms with Gasteiger partial charge in [-0.05, 0) is 13.8 Å². The maximum atomic E-state index is 10.6. The lowest BCUT2D eigenvalue weighted by molar-refractivity contribution is -0.149. The topological polar surface area (TPSA) is 35.5 Å². The zero-order valence-corrected chi connectivity index (χ0v) is 8.46. The van der Waals surface area contributed by atoms with Gasteiger partial charge in [-0.15, -0.1) is 0 Å². The smallest absolute Gasteiger partial charge is 0.302 e. The van der Waals surface area contributed by atoms with Crippen molar-refractivity contribution >= 4 is 5.97 Å². The number of carbonyl (C=O) groups excluding carboxylic acids is 1. The van der Waals surface area contributed by atoms with E-state index in [0.29, 0.717) is 0 Å². The van der Waals surface area contributed by atoms with Crippen molar-refractivity contribution in [3.8, 4) is 0 Å². The molecule has 0 aliphatic rings. The van der Waals surface area contributed by atoms with Crippen molar-refractivity contribution in [2.45, 2.75) is 47.3 Å². The summed E-state index contributed by atoms with van der Waals surface area (Å²) in [5.41, 5.74) is 0. The Morgan fingerprint density at radius 2 is 1.62 bits per heavy atom. The molecule has 3 heteroatoms. The Morgan fingerprint density at radius 1 is 1.15 bits per heavy atom. The minimum absolute atomic E-state index is 0. The van der Waals surface area contributed by atoms with E-state index in [1.54, 1.807) is 7.11 Å². The fraction of sp³-hybridized carbons (Fsp3) is 0.900. The summed E-state index contributed by atoms with van der Waals surface area (Å²) >= 11 is 0. The maximum absolute atomic E-state index is 10.6. The SMILES string of the molecule is C.COC(C)C(C)C(C)OC(C)=O. The van der Waals surface area contributed by atoms with Crippen LogP contribution in [0.5, 0.6) is 0 Å². The van der Waals surface area contributed by atoms with Crippen LogP contribution in [0.4, 0.5) is 0 Å². The predicted molar refractivity (Wildman–Crippen MR) is 53.6 cm³/mol. The molecule has 0 bridgehead atoms. The molecule has 0 heterocycles. The number of carbonyl (C=O) groups is 1. The molecule has 0 aliphatic carbocycles. The molecule has 13 heavy (non-hydrogen) atoms. The van der Waals surface area contributed by atoms with Crippen molar-refractivity contribution in [1.29, 1.82) is 0 Å². The predicted octanol–water partition coefficient (Wildman–Crippen LogP) is 2.25. The van der Waals surface area contributed by atoms with Gasteiger partial charge < -0.3 is 9.47 Å². The van der Waals surface area contributed by atoms with Gasteiger partial charge in [-0.1, -0.05) is 14.4 Å². The van der Waals surface area contributed by atoms with Gasteiger partial charge in [0.15, 0.2) is 0 Å². The Balaban J connectivity index is 0. The van der Waals surface area contributed by atoms with Crippen molar-refractivity contribution in [3.63, 3.8) is 0 Å². The van der Waals surface area contributed by atoms with Crippen LogP contribution < -0.4 is 0 Å².